The summed E-state index contributed by atoms with van der Waals surface area (Å²) in [6.45, 7) is 2.59. The Bertz CT molecular complexity index is 1270. The molecule has 2 aromatic heterocycles. The lowest BCUT2D eigenvalue weighted by atomic mass is 9.85. The maximum absolute atomic E-state index is 14.0. The minimum absolute atomic E-state index is 0.0652. The van der Waals surface area contributed by atoms with E-state index in [2.05, 4.69) is 20.5 Å². The smallest absolute Gasteiger partial charge is 0.365 e. The van der Waals surface area contributed by atoms with Crippen LogP contribution in [0.5, 0.6) is 0 Å². The third kappa shape index (κ3) is 3.84. The third-order valence-electron chi connectivity index (χ3n) is 7.76. The van der Waals surface area contributed by atoms with Crippen molar-refractivity contribution in [3.8, 4) is 5.69 Å². The summed E-state index contributed by atoms with van der Waals surface area (Å²) in [5.74, 6) is 0.320. The van der Waals surface area contributed by atoms with Crippen molar-refractivity contribution in [2.45, 2.75) is 56.8 Å². The van der Waals surface area contributed by atoms with Gasteiger partial charge in [-0.3, -0.25) is 4.79 Å². The number of alkyl halides is 3. The predicted octanol–water partition coefficient (Wildman–Crippen LogP) is 4.63. The maximum atomic E-state index is 14.0. The number of anilines is 1. The molecule has 3 aromatic rings. The molecule has 3 fully saturated rings. The molecule has 3 heterocycles. The van der Waals surface area contributed by atoms with E-state index in [1.807, 2.05) is 30.0 Å². The molecule has 2 spiro atoms. The summed E-state index contributed by atoms with van der Waals surface area (Å²) in [5, 5.41) is 11.7. The lowest BCUT2D eigenvalue weighted by Crippen LogP contribution is -2.51. The fraction of sp³-hybridized carbons (Fsp3) is 0.440. The van der Waals surface area contributed by atoms with Crippen molar-refractivity contribution >= 4 is 11.7 Å². The molecule has 1 aromatic carbocycles. The summed E-state index contributed by atoms with van der Waals surface area (Å²) in [6.07, 6.45) is 4.49. The molecule has 7 nitrogen and oxygen atoms in total. The Balaban J connectivity index is 1.29. The summed E-state index contributed by atoms with van der Waals surface area (Å²) in [4.78, 5) is 21.4. The van der Waals surface area contributed by atoms with E-state index in [9.17, 15) is 18.0 Å². The maximum Gasteiger partial charge on any atom is 0.417 e. The van der Waals surface area contributed by atoms with Crippen LogP contribution in [0.1, 0.15) is 53.6 Å². The number of likely N-dealkylation sites (tertiary alicyclic amines) is 1. The standard InChI is InChI=1S/C25H25F3N6O/c1-16-2-4-19(34-30-9-10-31-34)18(12-16)22(35)33-11-8-23(6-7-23)15-24(33)13-20(24)32-21-5-3-17(14-29-21)25(26,27)28/h2-5,9-10,12,14,20H,6-8,11,13,15H2,1H3,(H,29,32)/t20?,24-/m1/s1. The number of halogens is 3. The van der Waals surface area contributed by atoms with Crippen LogP contribution >= 0.6 is 0 Å². The molecule has 10 heteroatoms. The van der Waals surface area contributed by atoms with E-state index in [0.717, 1.165) is 49.9 Å². The summed E-state index contributed by atoms with van der Waals surface area (Å²) in [5.41, 5.74) is 1.26. The summed E-state index contributed by atoms with van der Waals surface area (Å²) < 4.78 is 38.8. The molecule has 1 unspecified atom stereocenters. The number of aromatic nitrogens is 4. The van der Waals surface area contributed by atoms with E-state index in [4.69, 9.17) is 0 Å². The number of carbonyl (C=O) groups excluding carboxylic acids is 1. The Labute approximate surface area is 200 Å². The minimum Gasteiger partial charge on any atom is -0.365 e. The summed E-state index contributed by atoms with van der Waals surface area (Å²) in [6, 6.07) is 7.99. The number of pyridine rings is 1. The van der Waals surface area contributed by atoms with Crippen molar-refractivity contribution in [3.63, 3.8) is 0 Å². The second-order valence-corrected chi connectivity index (χ2v) is 10.2. The van der Waals surface area contributed by atoms with Gasteiger partial charge in [0.15, 0.2) is 0 Å². The highest BCUT2D eigenvalue weighted by atomic mass is 19.4. The largest absolute Gasteiger partial charge is 0.417 e. The van der Waals surface area contributed by atoms with Crippen LogP contribution in [0.3, 0.4) is 0 Å². The van der Waals surface area contributed by atoms with Gasteiger partial charge in [0, 0.05) is 12.7 Å². The minimum atomic E-state index is -4.42. The van der Waals surface area contributed by atoms with Crippen molar-refractivity contribution in [2.24, 2.45) is 5.41 Å². The van der Waals surface area contributed by atoms with Gasteiger partial charge in [-0.1, -0.05) is 11.6 Å². The third-order valence-corrected chi connectivity index (χ3v) is 7.76. The van der Waals surface area contributed by atoms with E-state index in [1.165, 1.54) is 10.9 Å². The highest BCUT2D eigenvalue weighted by Crippen LogP contribution is 2.64. The van der Waals surface area contributed by atoms with Crippen molar-refractivity contribution in [1.82, 2.24) is 24.9 Å². The van der Waals surface area contributed by atoms with Gasteiger partial charge >= 0.3 is 6.18 Å². The van der Waals surface area contributed by atoms with E-state index < -0.39 is 11.7 Å². The van der Waals surface area contributed by atoms with Crippen LogP contribution in [0.2, 0.25) is 0 Å². The van der Waals surface area contributed by atoms with E-state index in [-0.39, 0.29) is 22.9 Å². The lowest BCUT2D eigenvalue weighted by molar-refractivity contribution is -0.137. The van der Waals surface area contributed by atoms with E-state index in [0.29, 0.717) is 23.6 Å². The molecule has 2 saturated carbocycles. The SMILES string of the molecule is Cc1ccc(-n2nccn2)c(C(=O)N2CCC3(CC3)C[C@@]23CC3Nc2ccc(C(F)(F)F)cn2)c1. The van der Waals surface area contributed by atoms with E-state index in [1.54, 1.807) is 12.4 Å². The molecule has 3 aliphatic rings. The van der Waals surface area contributed by atoms with Crippen LogP contribution in [0, 0.1) is 12.3 Å². The number of nitrogens with zero attached hydrogens (tertiary/aromatic N) is 5. The molecule has 0 radical (unpaired) electrons. The zero-order chi connectivity index (χ0) is 24.4. The number of amides is 1. The van der Waals surface area contributed by atoms with Crippen molar-refractivity contribution in [1.29, 1.82) is 0 Å². The Morgan fingerprint density at radius 2 is 1.89 bits per heavy atom. The summed E-state index contributed by atoms with van der Waals surface area (Å²) in [7, 11) is 0. The van der Waals surface area contributed by atoms with Crippen LogP contribution in [0.4, 0.5) is 19.0 Å². The first-order chi connectivity index (χ1) is 16.7. The highest BCUT2D eigenvalue weighted by Gasteiger charge is 2.67. The van der Waals surface area contributed by atoms with Crippen molar-refractivity contribution < 1.29 is 18.0 Å². The number of nitrogens with one attached hydrogen (secondary N) is 1. The Kier molecular flexibility index (Phi) is 4.75. The second kappa shape index (κ2) is 7.53. The van der Waals surface area contributed by atoms with Crippen LogP contribution in [0.15, 0.2) is 48.9 Å². The zero-order valence-corrected chi connectivity index (χ0v) is 19.2. The van der Waals surface area contributed by atoms with Crippen LogP contribution in [-0.2, 0) is 6.18 Å². The number of rotatable bonds is 4. The second-order valence-electron chi connectivity index (χ2n) is 10.2. The number of aryl methyl sites for hydroxylation is 1. The summed E-state index contributed by atoms with van der Waals surface area (Å²) >= 11 is 0. The Morgan fingerprint density at radius 1 is 1.11 bits per heavy atom. The molecule has 1 aliphatic heterocycles. The van der Waals surface area contributed by atoms with Gasteiger partial charge in [0.1, 0.15) is 5.82 Å². The van der Waals surface area contributed by atoms with Gasteiger partial charge in [0.2, 0.25) is 0 Å². The molecule has 182 valence electrons. The first-order valence-electron chi connectivity index (χ1n) is 11.8. The average Bonchev–Trinajstić information content (AvgIpc) is 3.63. The molecule has 0 bridgehead atoms. The monoisotopic (exact) mass is 482 g/mol. The van der Waals surface area contributed by atoms with Gasteiger partial charge in [-0.2, -0.15) is 28.2 Å². The molecule has 2 atom stereocenters. The van der Waals surface area contributed by atoms with Crippen LogP contribution < -0.4 is 5.32 Å². The van der Waals surface area contributed by atoms with E-state index >= 15 is 0 Å². The van der Waals surface area contributed by atoms with Gasteiger partial charge in [-0.25, -0.2) is 4.98 Å². The molecule has 1 N–H and O–H groups in total. The van der Waals surface area contributed by atoms with Crippen LogP contribution in [-0.4, -0.2) is 48.9 Å². The topological polar surface area (TPSA) is 75.9 Å². The predicted molar refractivity (Wildman–Crippen MR) is 122 cm³/mol. The van der Waals surface area contributed by atoms with Crippen molar-refractivity contribution in [3.05, 3.63) is 65.6 Å². The first kappa shape index (κ1) is 22.1. The zero-order valence-electron chi connectivity index (χ0n) is 19.2. The quantitative estimate of drug-likeness (QED) is 0.587. The Morgan fingerprint density at radius 3 is 2.54 bits per heavy atom. The molecular weight excluding hydrogens is 457 g/mol. The van der Waals surface area contributed by atoms with Crippen LogP contribution in [0.25, 0.3) is 5.69 Å². The van der Waals surface area contributed by atoms with Gasteiger partial charge in [-0.15, -0.1) is 0 Å². The van der Waals surface area contributed by atoms with Gasteiger partial charge in [0.05, 0.1) is 40.8 Å². The van der Waals surface area contributed by atoms with Gasteiger partial charge in [-0.05, 0) is 68.7 Å². The molecule has 6 rings (SSSR count). The lowest BCUT2D eigenvalue weighted by Gasteiger charge is -2.42. The number of piperidine rings is 1. The number of benzene rings is 1. The van der Waals surface area contributed by atoms with Gasteiger partial charge < -0.3 is 10.2 Å². The molecule has 1 saturated heterocycles. The fourth-order valence-corrected chi connectivity index (χ4v) is 5.59. The van der Waals surface area contributed by atoms with Crippen molar-refractivity contribution in [2.75, 3.05) is 11.9 Å². The molecule has 1 amide bonds. The first-order valence-corrected chi connectivity index (χ1v) is 11.8. The molecular formula is C25H25F3N6O. The normalized spacial score (nSPS) is 24.6. The molecule has 2 aliphatic carbocycles. The molecule has 35 heavy (non-hydrogen) atoms. The Hall–Kier alpha value is -3.43. The van der Waals surface area contributed by atoms with Gasteiger partial charge in [0.25, 0.3) is 5.91 Å². The fourth-order valence-electron chi connectivity index (χ4n) is 5.59. The highest BCUT2D eigenvalue weighted by molar-refractivity contribution is 5.99. The number of carbonyl (C=O) groups is 1. The average molecular weight is 483 g/mol. The number of hydrogen-bond acceptors (Lipinski definition) is 5. The number of hydrogen-bond donors (Lipinski definition) is 1.